The molecule has 1 aromatic heterocycles. The molecule has 3 fully saturated rings. The van der Waals surface area contributed by atoms with Crippen LogP contribution in [0.2, 0.25) is 0 Å². The van der Waals surface area contributed by atoms with Crippen molar-refractivity contribution in [1.29, 1.82) is 0 Å². The molecule has 0 saturated carbocycles. The maximum Gasteiger partial charge on any atom is 0.340 e. The number of hydrogen-bond acceptors (Lipinski definition) is 9. The Morgan fingerprint density at radius 1 is 1.14 bits per heavy atom. The van der Waals surface area contributed by atoms with Crippen molar-refractivity contribution in [2.75, 3.05) is 59.5 Å². The van der Waals surface area contributed by atoms with E-state index in [0.29, 0.717) is 50.7 Å². The van der Waals surface area contributed by atoms with Gasteiger partial charge in [-0.15, -0.1) is 22.9 Å². The van der Waals surface area contributed by atoms with E-state index in [0.717, 1.165) is 10.1 Å². The lowest BCUT2D eigenvalue weighted by molar-refractivity contribution is -0.136. The minimum absolute atomic E-state index is 0.000978. The lowest BCUT2D eigenvalue weighted by Gasteiger charge is -2.42. The number of hydrogen-bond donors (Lipinski definition) is 0. The fourth-order valence-corrected chi connectivity index (χ4v) is 8.91. The molecular weight excluding hydrogens is 580 g/mol. The number of thiophene rings is 1. The highest BCUT2D eigenvalue weighted by atomic mass is 32.2. The molecule has 42 heavy (non-hydrogen) atoms. The first-order valence-electron chi connectivity index (χ1n) is 14.1. The number of carbonyl (C=O) groups excluding carboxylic acids is 2. The van der Waals surface area contributed by atoms with Gasteiger partial charge in [0.05, 0.1) is 25.3 Å². The van der Waals surface area contributed by atoms with Gasteiger partial charge in [-0.05, 0) is 44.0 Å². The Hall–Kier alpha value is -3.22. The smallest absolute Gasteiger partial charge is 0.340 e. The summed E-state index contributed by atoms with van der Waals surface area (Å²) in [5.41, 5.74) is 0.679. The molecule has 3 atom stereocenters. The number of piperazine rings is 1. The lowest BCUT2D eigenvalue weighted by Crippen LogP contribution is -2.60. The summed E-state index contributed by atoms with van der Waals surface area (Å²) in [5.74, 6) is 2.95. The summed E-state index contributed by atoms with van der Waals surface area (Å²) in [6.07, 6.45) is 6.06. The van der Waals surface area contributed by atoms with E-state index < -0.39 is 16.1 Å². The molecule has 0 N–H and O–H groups in total. The van der Waals surface area contributed by atoms with Crippen LogP contribution in [0.3, 0.4) is 0 Å². The van der Waals surface area contributed by atoms with Crippen molar-refractivity contribution in [2.24, 2.45) is 5.10 Å². The number of urea groups is 1. The fraction of sp³-hybridized carbons (Fsp3) is 0.536. The molecule has 6 rings (SSSR count). The average Bonchev–Trinajstić information content (AvgIpc) is 3.57. The first kappa shape index (κ1) is 28.9. The summed E-state index contributed by atoms with van der Waals surface area (Å²) in [7, 11) is -1.92. The third-order valence-electron chi connectivity index (χ3n) is 8.42. The SMILES string of the molecule is C#Cc1ccc2cc(S(=O)(=O)N3CCN(C(=O)N4CCC5C(=N4)OC(C)N5C)C(CC(=O)N4CCOCC4)C3)sc2c1. The minimum atomic E-state index is -3.88. The number of sulfonamides is 1. The van der Waals surface area contributed by atoms with Crippen molar-refractivity contribution >= 4 is 49.3 Å². The van der Waals surface area contributed by atoms with E-state index in [9.17, 15) is 18.0 Å². The van der Waals surface area contributed by atoms with E-state index >= 15 is 0 Å². The van der Waals surface area contributed by atoms with Crippen LogP contribution < -0.4 is 0 Å². The van der Waals surface area contributed by atoms with E-state index in [1.54, 1.807) is 28.0 Å². The molecule has 5 heterocycles. The number of rotatable bonds is 4. The number of ether oxygens (including phenoxy) is 2. The van der Waals surface area contributed by atoms with E-state index in [2.05, 4.69) is 15.9 Å². The molecule has 224 valence electrons. The number of terminal acetylenes is 1. The highest BCUT2D eigenvalue weighted by Gasteiger charge is 2.43. The van der Waals surface area contributed by atoms with Gasteiger partial charge in [0.15, 0.2) is 6.23 Å². The third-order valence-corrected chi connectivity index (χ3v) is 11.8. The summed E-state index contributed by atoms with van der Waals surface area (Å²) in [4.78, 5) is 32.5. The molecule has 0 aliphatic carbocycles. The lowest BCUT2D eigenvalue weighted by atomic mass is 10.1. The van der Waals surface area contributed by atoms with E-state index in [1.807, 2.05) is 20.0 Å². The quantitative estimate of drug-likeness (QED) is 0.481. The Morgan fingerprint density at radius 2 is 1.93 bits per heavy atom. The molecule has 0 radical (unpaired) electrons. The normalized spacial score (nSPS) is 25.6. The van der Waals surface area contributed by atoms with Gasteiger partial charge in [-0.3, -0.25) is 9.69 Å². The maximum atomic E-state index is 13.8. The molecule has 14 heteroatoms. The number of benzene rings is 1. The second kappa shape index (κ2) is 11.5. The minimum Gasteiger partial charge on any atom is -0.460 e. The molecular formula is C28H34N6O6S2. The van der Waals surface area contributed by atoms with Crippen LogP contribution in [0.15, 0.2) is 33.6 Å². The molecule has 1 aromatic carbocycles. The Bertz CT molecular complexity index is 1560. The van der Waals surface area contributed by atoms with Crippen molar-refractivity contribution in [3.63, 3.8) is 0 Å². The number of morpholine rings is 1. The summed E-state index contributed by atoms with van der Waals surface area (Å²) in [5, 5.41) is 6.70. The zero-order chi connectivity index (χ0) is 29.6. The van der Waals surface area contributed by atoms with Crippen LogP contribution in [0.5, 0.6) is 0 Å². The zero-order valence-corrected chi connectivity index (χ0v) is 25.3. The number of fused-ring (bicyclic) bond motifs is 2. The van der Waals surface area contributed by atoms with Crippen LogP contribution in [-0.2, 0) is 24.3 Å². The second-order valence-electron chi connectivity index (χ2n) is 10.9. The molecule has 3 saturated heterocycles. The van der Waals surface area contributed by atoms with Crippen LogP contribution in [0, 0.1) is 12.3 Å². The van der Waals surface area contributed by atoms with Gasteiger partial charge in [-0.1, -0.05) is 12.0 Å². The molecule has 4 aliphatic heterocycles. The fourth-order valence-electron chi connectivity index (χ4n) is 5.85. The van der Waals surface area contributed by atoms with Crippen LogP contribution in [0.4, 0.5) is 4.79 Å². The van der Waals surface area contributed by atoms with Crippen molar-refractivity contribution in [2.45, 2.75) is 42.3 Å². The first-order chi connectivity index (χ1) is 20.2. The van der Waals surface area contributed by atoms with Gasteiger partial charge < -0.3 is 19.3 Å². The van der Waals surface area contributed by atoms with Crippen LogP contribution in [-0.4, -0.2) is 128 Å². The Balaban J connectivity index is 1.25. The monoisotopic (exact) mass is 614 g/mol. The summed E-state index contributed by atoms with van der Waals surface area (Å²) in [6.45, 7) is 4.40. The third kappa shape index (κ3) is 5.35. The van der Waals surface area contributed by atoms with Crippen LogP contribution >= 0.6 is 11.3 Å². The van der Waals surface area contributed by atoms with E-state index in [-0.39, 0.29) is 54.5 Å². The van der Waals surface area contributed by atoms with Crippen LogP contribution in [0.25, 0.3) is 10.1 Å². The largest absolute Gasteiger partial charge is 0.460 e. The van der Waals surface area contributed by atoms with Gasteiger partial charge in [0.25, 0.3) is 10.0 Å². The summed E-state index contributed by atoms with van der Waals surface area (Å²) < 4.78 is 41.3. The highest BCUT2D eigenvalue weighted by Crippen LogP contribution is 2.33. The number of carbonyl (C=O) groups is 2. The van der Waals surface area contributed by atoms with Gasteiger partial charge in [0.1, 0.15) is 4.21 Å². The highest BCUT2D eigenvalue weighted by molar-refractivity contribution is 7.91. The molecule has 0 spiro atoms. The Labute approximate surface area is 249 Å². The van der Waals surface area contributed by atoms with Crippen LogP contribution in [0.1, 0.15) is 25.3 Å². The molecule has 0 bridgehead atoms. The van der Waals surface area contributed by atoms with Crippen molar-refractivity contribution in [3.05, 3.63) is 29.8 Å². The average molecular weight is 615 g/mol. The standard InChI is InChI=1S/C28H34N6O6S2/c1-4-20-5-6-21-16-26(41-24(21)15-20)42(37,38)32-9-10-33(22(18-32)17-25(35)31-11-13-39-14-12-31)28(36)34-8-7-23-27(29-34)40-19(2)30(23)3/h1,5-6,15-16,19,22-23H,7-14,17-18H2,2-3H3. The molecule has 4 aliphatic rings. The topological polar surface area (TPSA) is 115 Å². The predicted octanol–water partition coefficient (Wildman–Crippen LogP) is 1.62. The molecule has 2 aromatic rings. The number of amides is 3. The molecule has 3 unspecified atom stereocenters. The van der Waals surface area contributed by atoms with Crippen molar-refractivity contribution in [3.8, 4) is 12.3 Å². The van der Waals surface area contributed by atoms with Gasteiger partial charge in [0.2, 0.25) is 11.8 Å². The van der Waals surface area contributed by atoms with Gasteiger partial charge in [-0.2, -0.15) is 4.31 Å². The molecule has 3 amide bonds. The van der Waals surface area contributed by atoms with E-state index in [1.165, 1.54) is 20.7 Å². The predicted molar refractivity (Wildman–Crippen MR) is 157 cm³/mol. The first-order valence-corrected chi connectivity index (χ1v) is 16.3. The maximum absolute atomic E-state index is 13.8. The van der Waals surface area contributed by atoms with Gasteiger partial charge in [0, 0.05) is 56.0 Å². The summed E-state index contributed by atoms with van der Waals surface area (Å²) >= 11 is 1.17. The summed E-state index contributed by atoms with van der Waals surface area (Å²) in [6, 6.07) is 6.05. The molecule has 12 nitrogen and oxygen atoms in total. The Kier molecular flexibility index (Phi) is 7.88. The van der Waals surface area contributed by atoms with Crippen molar-refractivity contribution in [1.82, 2.24) is 24.0 Å². The number of hydrazone groups is 1. The second-order valence-corrected chi connectivity index (χ2v) is 14.1. The van der Waals surface area contributed by atoms with Gasteiger partial charge in [-0.25, -0.2) is 18.2 Å². The van der Waals surface area contributed by atoms with Crippen molar-refractivity contribution < 1.29 is 27.5 Å². The number of likely N-dealkylation sites (N-methyl/N-ethyl adjacent to an activating group) is 1. The van der Waals surface area contributed by atoms with E-state index in [4.69, 9.17) is 15.9 Å². The zero-order valence-electron chi connectivity index (χ0n) is 23.6. The number of nitrogens with zero attached hydrogens (tertiary/aromatic N) is 6. The van der Waals surface area contributed by atoms with Gasteiger partial charge >= 0.3 is 6.03 Å². The Morgan fingerprint density at radius 3 is 2.69 bits per heavy atom.